The number of carbonyl (C=O) groups is 2. The fourth-order valence-electron chi connectivity index (χ4n) is 0.871. The first kappa shape index (κ1) is 11.1. The van der Waals surface area contributed by atoms with Crippen LogP contribution in [0.25, 0.3) is 0 Å². The zero-order valence-corrected chi connectivity index (χ0v) is 7.48. The van der Waals surface area contributed by atoms with Crippen molar-refractivity contribution in [3.8, 4) is 0 Å². The lowest BCUT2D eigenvalue weighted by Crippen LogP contribution is -2.20. The summed E-state index contributed by atoms with van der Waals surface area (Å²) in [5.41, 5.74) is 4.96. The highest BCUT2D eigenvalue weighted by atomic mass is 19.3. The first-order chi connectivity index (χ1) is 6.99. The lowest BCUT2D eigenvalue weighted by Gasteiger charge is -1.99. The van der Waals surface area contributed by atoms with E-state index in [1.54, 1.807) is 0 Å². The molecule has 82 valence electrons. The molecule has 0 aliphatic heterocycles. The van der Waals surface area contributed by atoms with Gasteiger partial charge in [0.2, 0.25) is 5.91 Å². The molecule has 0 atom stereocenters. The van der Waals surface area contributed by atoms with E-state index < -0.39 is 18.2 Å². The Morgan fingerprint density at radius 3 is 2.80 bits per heavy atom. The number of nitrogens with zero attached hydrogens (tertiary/aromatic N) is 2. The molecular formula is C7H8F2N4O2. The van der Waals surface area contributed by atoms with Crippen molar-refractivity contribution in [3.63, 3.8) is 0 Å². The fourth-order valence-corrected chi connectivity index (χ4v) is 0.871. The number of hydrogen-bond acceptors (Lipinski definition) is 3. The Morgan fingerprint density at radius 1 is 1.60 bits per heavy atom. The lowest BCUT2D eigenvalue weighted by atomic mass is 10.5. The van der Waals surface area contributed by atoms with Gasteiger partial charge in [-0.05, 0) is 0 Å². The van der Waals surface area contributed by atoms with Crippen LogP contribution in [0.5, 0.6) is 0 Å². The molecule has 0 radical (unpaired) electrons. The zero-order chi connectivity index (χ0) is 11.4. The average molecular weight is 218 g/mol. The van der Waals surface area contributed by atoms with Gasteiger partial charge in [-0.1, -0.05) is 0 Å². The van der Waals surface area contributed by atoms with Gasteiger partial charge in [0, 0.05) is 6.20 Å². The normalized spacial score (nSPS) is 10.3. The Hall–Kier alpha value is -1.99. The second-order valence-electron chi connectivity index (χ2n) is 2.68. The number of nitrogens with one attached hydrogen (secondary N) is 1. The van der Waals surface area contributed by atoms with E-state index in [4.69, 9.17) is 5.73 Å². The topological polar surface area (TPSA) is 90.0 Å². The van der Waals surface area contributed by atoms with Crippen LogP contribution in [0.2, 0.25) is 0 Å². The van der Waals surface area contributed by atoms with E-state index in [1.807, 2.05) is 5.32 Å². The molecule has 0 unspecified atom stereocenters. The lowest BCUT2D eigenvalue weighted by molar-refractivity contribution is -0.126. The molecule has 0 fully saturated rings. The second kappa shape index (κ2) is 4.49. The molecule has 0 aromatic carbocycles. The molecule has 0 aliphatic rings. The Kier molecular flexibility index (Phi) is 3.32. The van der Waals surface area contributed by atoms with Crippen molar-refractivity contribution in [1.82, 2.24) is 9.78 Å². The van der Waals surface area contributed by atoms with E-state index in [9.17, 15) is 18.4 Å². The quantitative estimate of drug-likeness (QED) is 0.718. The monoisotopic (exact) mass is 218 g/mol. The number of alkyl halides is 2. The van der Waals surface area contributed by atoms with Crippen LogP contribution >= 0.6 is 0 Å². The van der Waals surface area contributed by atoms with E-state index >= 15 is 0 Å². The van der Waals surface area contributed by atoms with Gasteiger partial charge < -0.3 is 11.1 Å². The number of hydrogen-bond donors (Lipinski definition) is 2. The summed E-state index contributed by atoms with van der Waals surface area (Å²) in [5, 5.41) is 5.54. The van der Waals surface area contributed by atoms with Crippen LogP contribution < -0.4 is 11.1 Å². The predicted octanol–water partition coefficient (Wildman–Crippen LogP) is -0.428. The number of nitrogens with two attached hydrogens (primary N) is 1. The fraction of sp³-hybridized carbons (Fsp3) is 0.286. The number of primary amides is 1. The second-order valence-corrected chi connectivity index (χ2v) is 2.68. The van der Waals surface area contributed by atoms with Gasteiger partial charge in [-0.3, -0.25) is 14.3 Å². The highest BCUT2D eigenvalue weighted by Gasteiger charge is 2.15. The van der Waals surface area contributed by atoms with Gasteiger partial charge >= 0.3 is 6.43 Å². The molecule has 1 aromatic rings. The molecule has 2 amide bonds. The summed E-state index contributed by atoms with van der Waals surface area (Å²) in [4.78, 5) is 21.0. The van der Waals surface area contributed by atoms with Gasteiger partial charge in [0.05, 0.1) is 11.9 Å². The van der Waals surface area contributed by atoms with Crippen molar-refractivity contribution in [3.05, 3.63) is 12.4 Å². The zero-order valence-electron chi connectivity index (χ0n) is 7.48. The molecule has 6 nitrogen and oxygen atoms in total. The van der Waals surface area contributed by atoms with E-state index in [-0.39, 0.29) is 12.2 Å². The largest absolute Gasteiger partial charge is 0.368 e. The molecule has 0 aliphatic carbocycles. The Morgan fingerprint density at radius 2 is 2.27 bits per heavy atom. The SMILES string of the molecule is NC(=O)Cn1cc(NC(=O)C(F)F)cn1. The van der Waals surface area contributed by atoms with Crippen LogP contribution in [0.15, 0.2) is 12.4 Å². The minimum Gasteiger partial charge on any atom is -0.368 e. The molecule has 0 spiro atoms. The standard InChI is InChI=1S/C7H8F2N4O2/c8-6(9)7(15)12-4-1-11-13(2-4)3-5(10)14/h1-2,6H,3H2,(H2,10,14)(H,12,15). The predicted molar refractivity (Wildman–Crippen MR) is 46.1 cm³/mol. The number of halogens is 2. The summed E-state index contributed by atoms with van der Waals surface area (Å²) in [5.74, 6) is -2.04. The molecule has 8 heteroatoms. The maximum atomic E-state index is 11.8. The maximum Gasteiger partial charge on any atom is 0.315 e. The van der Waals surface area contributed by atoms with E-state index in [0.29, 0.717) is 0 Å². The van der Waals surface area contributed by atoms with Crippen LogP contribution in [0.4, 0.5) is 14.5 Å². The number of anilines is 1. The number of carbonyl (C=O) groups excluding carboxylic acids is 2. The molecule has 1 rings (SSSR count). The van der Waals surface area contributed by atoms with Crippen LogP contribution in [0.3, 0.4) is 0 Å². The Balaban J connectivity index is 2.60. The summed E-state index contributed by atoms with van der Waals surface area (Å²) < 4.78 is 24.8. The van der Waals surface area contributed by atoms with Gasteiger partial charge in [-0.2, -0.15) is 13.9 Å². The molecule has 15 heavy (non-hydrogen) atoms. The Labute approximate surface area is 83.0 Å². The number of aromatic nitrogens is 2. The van der Waals surface area contributed by atoms with E-state index in [2.05, 4.69) is 5.10 Å². The summed E-state index contributed by atoms with van der Waals surface area (Å²) in [7, 11) is 0. The van der Waals surface area contributed by atoms with Crippen molar-refractivity contribution in [2.75, 3.05) is 5.32 Å². The summed E-state index contributed by atoms with van der Waals surface area (Å²) in [6, 6.07) is 0. The molecule has 0 saturated heterocycles. The van der Waals surface area contributed by atoms with Crippen LogP contribution in [0, 0.1) is 0 Å². The maximum absolute atomic E-state index is 11.8. The van der Waals surface area contributed by atoms with Crippen molar-refractivity contribution in [2.45, 2.75) is 13.0 Å². The summed E-state index contributed by atoms with van der Waals surface area (Å²) in [6.07, 6.45) is -0.724. The molecular weight excluding hydrogens is 210 g/mol. The molecule has 0 bridgehead atoms. The van der Waals surface area contributed by atoms with E-state index in [0.717, 1.165) is 10.9 Å². The average Bonchev–Trinajstić information content (AvgIpc) is 2.51. The van der Waals surface area contributed by atoms with Gasteiger partial charge in [0.15, 0.2) is 0 Å². The molecule has 1 heterocycles. The van der Waals surface area contributed by atoms with Gasteiger partial charge in [0.1, 0.15) is 6.54 Å². The van der Waals surface area contributed by atoms with Gasteiger partial charge in [-0.25, -0.2) is 0 Å². The molecule has 0 saturated carbocycles. The highest BCUT2D eigenvalue weighted by Crippen LogP contribution is 2.06. The molecule has 1 aromatic heterocycles. The van der Waals surface area contributed by atoms with E-state index in [1.165, 1.54) is 6.20 Å². The third kappa shape index (κ3) is 3.33. The summed E-state index contributed by atoms with van der Waals surface area (Å²) >= 11 is 0. The Bertz CT molecular complexity index is 377. The minimum absolute atomic E-state index is 0.0848. The first-order valence-corrected chi connectivity index (χ1v) is 3.89. The van der Waals surface area contributed by atoms with Crippen molar-refractivity contribution in [2.24, 2.45) is 5.73 Å². The minimum atomic E-state index is -3.09. The third-order valence-electron chi connectivity index (χ3n) is 1.42. The van der Waals surface area contributed by atoms with Crippen LogP contribution in [0.1, 0.15) is 0 Å². The van der Waals surface area contributed by atoms with Crippen molar-refractivity contribution < 1.29 is 18.4 Å². The van der Waals surface area contributed by atoms with Crippen molar-refractivity contribution >= 4 is 17.5 Å². The number of rotatable bonds is 4. The number of amides is 2. The van der Waals surface area contributed by atoms with Gasteiger partial charge in [0.25, 0.3) is 5.91 Å². The third-order valence-corrected chi connectivity index (χ3v) is 1.42. The summed E-state index contributed by atoms with van der Waals surface area (Å²) in [6.45, 7) is -0.176. The highest BCUT2D eigenvalue weighted by molar-refractivity contribution is 5.92. The van der Waals surface area contributed by atoms with Crippen LogP contribution in [-0.4, -0.2) is 28.0 Å². The molecule has 3 N–H and O–H groups in total. The van der Waals surface area contributed by atoms with Gasteiger partial charge in [-0.15, -0.1) is 0 Å². The van der Waals surface area contributed by atoms with Crippen molar-refractivity contribution in [1.29, 1.82) is 0 Å². The first-order valence-electron chi connectivity index (χ1n) is 3.89. The smallest absolute Gasteiger partial charge is 0.315 e. The van der Waals surface area contributed by atoms with Crippen LogP contribution in [-0.2, 0) is 16.1 Å².